The summed E-state index contributed by atoms with van der Waals surface area (Å²) in [5.41, 5.74) is 3.55. The van der Waals surface area contributed by atoms with Crippen molar-refractivity contribution in [3.05, 3.63) is 52.1 Å². The minimum absolute atomic E-state index is 0.339. The van der Waals surface area contributed by atoms with Crippen molar-refractivity contribution in [3.8, 4) is 0 Å². The molecule has 0 bridgehead atoms. The predicted molar refractivity (Wildman–Crippen MR) is 69.7 cm³/mol. The number of benzene rings is 1. The first-order valence-electron chi connectivity index (χ1n) is 4.78. The molecule has 0 radical (unpaired) electrons. The number of anilines is 1. The fourth-order valence-corrected chi connectivity index (χ4v) is 1.41. The maximum atomic E-state index is 5.96. The van der Waals surface area contributed by atoms with E-state index in [4.69, 9.17) is 23.2 Å². The minimum Gasteiger partial charge on any atom is -0.260 e. The fraction of sp³-hybridized carbons (Fsp3) is 0. The molecule has 0 amide bonds. The normalized spacial score (nSPS) is 10.7. The molecule has 0 saturated heterocycles. The maximum Gasteiger partial charge on any atom is 0.168 e. The molecule has 2 rings (SSSR count). The van der Waals surface area contributed by atoms with Gasteiger partial charge in [-0.2, -0.15) is 5.10 Å². The van der Waals surface area contributed by atoms with Crippen LogP contribution in [-0.2, 0) is 0 Å². The number of aromatic nitrogens is 2. The highest BCUT2D eigenvalue weighted by Gasteiger charge is 1.95. The highest BCUT2D eigenvalue weighted by Crippen LogP contribution is 2.12. The Morgan fingerprint density at radius 2 is 1.88 bits per heavy atom. The first-order chi connectivity index (χ1) is 8.25. The number of nitrogens with zero attached hydrogens (tertiary/aromatic N) is 3. The summed E-state index contributed by atoms with van der Waals surface area (Å²) in [4.78, 5) is 0. The Kier molecular flexibility index (Phi) is 3.90. The van der Waals surface area contributed by atoms with Crippen LogP contribution in [0.5, 0.6) is 0 Å². The van der Waals surface area contributed by atoms with E-state index in [1.807, 2.05) is 18.2 Å². The van der Waals surface area contributed by atoms with Crippen molar-refractivity contribution < 1.29 is 0 Å². The molecule has 1 aromatic carbocycles. The topological polar surface area (TPSA) is 50.2 Å². The minimum atomic E-state index is 0.339. The highest BCUT2D eigenvalue weighted by atomic mass is 35.5. The van der Waals surface area contributed by atoms with Crippen molar-refractivity contribution in [2.45, 2.75) is 0 Å². The second kappa shape index (κ2) is 5.61. The Hall–Kier alpha value is -1.65. The van der Waals surface area contributed by atoms with E-state index in [-0.39, 0.29) is 0 Å². The molecular formula is C11H8Cl2N4. The molecular weight excluding hydrogens is 259 g/mol. The third-order valence-electron chi connectivity index (χ3n) is 1.92. The molecule has 0 aliphatic heterocycles. The Morgan fingerprint density at radius 1 is 1.06 bits per heavy atom. The smallest absolute Gasteiger partial charge is 0.168 e. The summed E-state index contributed by atoms with van der Waals surface area (Å²) in [5.74, 6) is 0.512. The van der Waals surface area contributed by atoms with Crippen LogP contribution in [0.4, 0.5) is 5.82 Å². The first-order valence-corrected chi connectivity index (χ1v) is 5.54. The molecule has 0 aliphatic rings. The SMILES string of the molecule is Clc1ccc(N/N=C\c2ccccc2Cl)nn1. The summed E-state index contributed by atoms with van der Waals surface area (Å²) >= 11 is 11.6. The number of nitrogens with one attached hydrogen (secondary N) is 1. The van der Waals surface area contributed by atoms with Crippen LogP contribution in [-0.4, -0.2) is 16.4 Å². The fourth-order valence-electron chi connectivity index (χ4n) is 1.12. The van der Waals surface area contributed by atoms with Gasteiger partial charge in [0.25, 0.3) is 0 Å². The Bertz CT molecular complexity index is 525. The summed E-state index contributed by atoms with van der Waals surface area (Å²) in [5, 5.41) is 12.4. The van der Waals surface area contributed by atoms with Crippen LogP contribution in [0.1, 0.15) is 5.56 Å². The number of halogens is 2. The lowest BCUT2D eigenvalue weighted by atomic mass is 10.2. The molecule has 6 heteroatoms. The van der Waals surface area contributed by atoms with Gasteiger partial charge in [0.1, 0.15) is 0 Å². The van der Waals surface area contributed by atoms with Crippen molar-refractivity contribution >= 4 is 35.2 Å². The van der Waals surface area contributed by atoms with Crippen LogP contribution < -0.4 is 5.43 Å². The summed E-state index contributed by atoms with van der Waals surface area (Å²) < 4.78 is 0. The second-order valence-corrected chi connectivity index (χ2v) is 3.93. The molecule has 2 aromatic rings. The van der Waals surface area contributed by atoms with Crippen LogP contribution in [0.25, 0.3) is 0 Å². The summed E-state index contributed by atoms with van der Waals surface area (Å²) in [6, 6.07) is 10.7. The van der Waals surface area contributed by atoms with Crippen LogP contribution in [0, 0.1) is 0 Å². The summed E-state index contributed by atoms with van der Waals surface area (Å²) in [7, 11) is 0. The lowest BCUT2D eigenvalue weighted by molar-refractivity contribution is 1.02. The van der Waals surface area contributed by atoms with Gasteiger partial charge in [-0.05, 0) is 18.2 Å². The van der Waals surface area contributed by atoms with E-state index in [0.29, 0.717) is 16.0 Å². The summed E-state index contributed by atoms with van der Waals surface area (Å²) in [6.07, 6.45) is 1.61. The molecule has 1 N–H and O–H groups in total. The zero-order valence-corrected chi connectivity index (χ0v) is 10.2. The van der Waals surface area contributed by atoms with Gasteiger partial charge in [-0.1, -0.05) is 41.4 Å². The van der Waals surface area contributed by atoms with E-state index >= 15 is 0 Å². The monoisotopic (exact) mass is 266 g/mol. The van der Waals surface area contributed by atoms with Gasteiger partial charge in [0.2, 0.25) is 0 Å². The van der Waals surface area contributed by atoms with E-state index in [9.17, 15) is 0 Å². The van der Waals surface area contributed by atoms with Crippen molar-refractivity contribution in [1.82, 2.24) is 10.2 Å². The molecule has 4 nitrogen and oxygen atoms in total. The van der Waals surface area contributed by atoms with Gasteiger partial charge in [0.15, 0.2) is 11.0 Å². The van der Waals surface area contributed by atoms with E-state index in [2.05, 4.69) is 20.7 Å². The number of hydrogen-bond donors (Lipinski definition) is 1. The zero-order valence-electron chi connectivity index (χ0n) is 8.64. The largest absolute Gasteiger partial charge is 0.260 e. The molecule has 17 heavy (non-hydrogen) atoms. The third-order valence-corrected chi connectivity index (χ3v) is 2.47. The molecule has 0 unspecified atom stereocenters. The molecule has 1 heterocycles. The standard InChI is InChI=1S/C11H8Cl2N4/c12-9-4-2-1-3-8(9)7-14-16-11-6-5-10(13)15-17-11/h1-7H,(H,16,17)/b14-7-. The molecule has 1 aromatic heterocycles. The molecule has 86 valence electrons. The number of hydrogen-bond acceptors (Lipinski definition) is 4. The van der Waals surface area contributed by atoms with Gasteiger partial charge in [0, 0.05) is 10.6 Å². The average Bonchev–Trinajstić information content (AvgIpc) is 2.34. The van der Waals surface area contributed by atoms with Gasteiger partial charge in [-0.25, -0.2) is 0 Å². The second-order valence-electron chi connectivity index (χ2n) is 3.13. The summed E-state index contributed by atoms with van der Waals surface area (Å²) in [6.45, 7) is 0. The molecule has 0 spiro atoms. The lowest BCUT2D eigenvalue weighted by Gasteiger charge is -1.98. The van der Waals surface area contributed by atoms with E-state index in [1.165, 1.54) is 0 Å². The van der Waals surface area contributed by atoms with Gasteiger partial charge in [-0.3, -0.25) is 5.43 Å². The molecule has 0 fully saturated rings. The van der Waals surface area contributed by atoms with Crippen LogP contribution in [0.2, 0.25) is 10.2 Å². The number of rotatable bonds is 3. The Labute approximate surface area is 108 Å². The van der Waals surface area contributed by atoms with Gasteiger partial charge >= 0.3 is 0 Å². The third kappa shape index (κ3) is 3.41. The van der Waals surface area contributed by atoms with Crippen molar-refractivity contribution in [2.75, 3.05) is 5.43 Å². The van der Waals surface area contributed by atoms with Gasteiger partial charge in [0.05, 0.1) is 6.21 Å². The van der Waals surface area contributed by atoms with Crippen molar-refractivity contribution in [3.63, 3.8) is 0 Å². The average molecular weight is 267 g/mol. The Morgan fingerprint density at radius 3 is 2.59 bits per heavy atom. The van der Waals surface area contributed by atoms with E-state index in [1.54, 1.807) is 24.4 Å². The Balaban J connectivity index is 2.03. The van der Waals surface area contributed by atoms with Crippen LogP contribution >= 0.6 is 23.2 Å². The van der Waals surface area contributed by atoms with Crippen LogP contribution in [0.3, 0.4) is 0 Å². The van der Waals surface area contributed by atoms with Crippen molar-refractivity contribution in [1.29, 1.82) is 0 Å². The lowest BCUT2D eigenvalue weighted by Crippen LogP contribution is -1.95. The maximum absolute atomic E-state index is 5.96. The van der Waals surface area contributed by atoms with Crippen LogP contribution in [0.15, 0.2) is 41.5 Å². The molecule has 0 saturated carbocycles. The predicted octanol–water partition coefficient (Wildman–Crippen LogP) is 3.23. The molecule has 0 aliphatic carbocycles. The van der Waals surface area contributed by atoms with Crippen molar-refractivity contribution in [2.24, 2.45) is 5.10 Å². The first kappa shape index (κ1) is 11.8. The van der Waals surface area contributed by atoms with E-state index < -0.39 is 0 Å². The van der Waals surface area contributed by atoms with E-state index in [0.717, 1.165) is 5.56 Å². The highest BCUT2D eigenvalue weighted by molar-refractivity contribution is 6.33. The quantitative estimate of drug-likeness (QED) is 0.686. The molecule has 0 atom stereocenters. The van der Waals surface area contributed by atoms with Gasteiger partial charge < -0.3 is 0 Å². The van der Waals surface area contributed by atoms with Gasteiger partial charge in [-0.15, -0.1) is 10.2 Å². The zero-order chi connectivity index (χ0) is 12.1. The number of hydrazone groups is 1.